The third-order valence-corrected chi connectivity index (χ3v) is 2.63. The number of benzene rings is 1. The quantitative estimate of drug-likeness (QED) is 0.852. The first-order chi connectivity index (χ1) is 8.36. The Morgan fingerprint density at radius 3 is 2.44 bits per heavy atom. The number of amides is 1. The Morgan fingerprint density at radius 2 is 1.94 bits per heavy atom. The molecule has 1 amide bonds. The molecule has 1 unspecified atom stereocenters. The van der Waals surface area contributed by atoms with Crippen LogP contribution in [-0.2, 0) is 11.0 Å². The molecule has 1 rings (SSSR count). The second-order valence-electron chi connectivity index (χ2n) is 3.96. The van der Waals surface area contributed by atoms with E-state index in [1.165, 1.54) is 18.2 Å². The molecule has 0 aliphatic rings. The zero-order valence-electron chi connectivity index (χ0n) is 9.57. The molecule has 0 radical (unpaired) electrons. The highest BCUT2D eigenvalue weighted by Gasteiger charge is 2.35. The van der Waals surface area contributed by atoms with Crippen LogP contribution in [0.3, 0.4) is 0 Å². The van der Waals surface area contributed by atoms with Crippen LogP contribution in [0.25, 0.3) is 0 Å². The van der Waals surface area contributed by atoms with Crippen LogP contribution in [-0.4, -0.2) is 17.6 Å². The lowest BCUT2D eigenvalue weighted by Gasteiger charge is -2.19. The summed E-state index contributed by atoms with van der Waals surface area (Å²) >= 11 is 0. The predicted molar refractivity (Wildman–Crippen MR) is 59.7 cm³/mol. The van der Waals surface area contributed by atoms with Crippen LogP contribution < -0.4 is 5.73 Å². The number of hydrogen-bond acceptors (Lipinski definition) is 2. The fraction of sp³-hybridized carbons (Fsp3) is 0.417. The minimum atomic E-state index is -4.48. The molecule has 3 nitrogen and oxygen atoms in total. The molecule has 1 atom stereocenters. The Labute approximate surface area is 102 Å². The van der Waals surface area contributed by atoms with Gasteiger partial charge in [0.05, 0.1) is 5.56 Å². The maximum absolute atomic E-state index is 12.8. The van der Waals surface area contributed by atoms with Gasteiger partial charge < -0.3 is 10.8 Å². The molecule has 0 fully saturated rings. The van der Waals surface area contributed by atoms with Crippen molar-refractivity contribution in [2.24, 2.45) is 5.73 Å². The summed E-state index contributed by atoms with van der Waals surface area (Å²) in [6.07, 6.45) is -4.63. The molecule has 1 aromatic rings. The van der Waals surface area contributed by atoms with E-state index in [1.807, 2.05) is 0 Å². The summed E-state index contributed by atoms with van der Waals surface area (Å²) in [4.78, 5) is 10.9. The second kappa shape index (κ2) is 5.86. The van der Waals surface area contributed by atoms with Crippen molar-refractivity contribution in [1.82, 2.24) is 0 Å². The minimum absolute atomic E-state index is 0.00199. The van der Waals surface area contributed by atoms with Crippen molar-refractivity contribution in [2.45, 2.75) is 24.9 Å². The summed E-state index contributed by atoms with van der Waals surface area (Å²) < 4.78 is 38.4. The summed E-state index contributed by atoms with van der Waals surface area (Å²) in [5.41, 5.74) is 4.23. The van der Waals surface area contributed by atoms with Crippen LogP contribution in [0.4, 0.5) is 13.2 Å². The Morgan fingerprint density at radius 1 is 1.33 bits per heavy atom. The van der Waals surface area contributed by atoms with Crippen molar-refractivity contribution in [3.8, 4) is 0 Å². The number of nitrogens with two attached hydrogens (primary N) is 1. The van der Waals surface area contributed by atoms with E-state index in [0.29, 0.717) is 0 Å². The van der Waals surface area contributed by atoms with E-state index in [4.69, 9.17) is 10.8 Å². The van der Waals surface area contributed by atoms with Gasteiger partial charge in [0.15, 0.2) is 0 Å². The van der Waals surface area contributed by atoms with Gasteiger partial charge in [-0.15, -0.1) is 0 Å². The van der Waals surface area contributed by atoms with E-state index in [2.05, 4.69) is 0 Å². The average Bonchev–Trinajstić information content (AvgIpc) is 2.27. The minimum Gasteiger partial charge on any atom is -0.396 e. The van der Waals surface area contributed by atoms with Crippen LogP contribution in [0.15, 0.2) is 24.3 Å². The van der Waals surface area contributed by atoms with Gasteiger partial charge >= 0.3 is 6.18 Å². The van der Waals surface area contributed by atoms with Crippen molar-refractivity contribution >= 4 is 5.91 Å². The highest BCUT2D eigenvalue weighted by atomic mass is 19.4. The Balaban J connectivity index is 3.15. The van der Waals surface area contributed by atoms with E-state index in [0.717, 1.165) is 6.07 Å². The molecule has 0 saturated carbocycles. The fourth-order valence-electron chi connectivity index (χ4n) is 1.88. The summed E-state index contributed by atoms with van der Waals surface area (Å²) in [6.45, 7) is -0.301. The zero-order valence-corrected chi connectivity index (χ0v) is 9.57. The molecule has 1 aromatic carbocycles. The Kier molecular flexibility index (Phi) is 4.72. The topological polar surface area (TPSA) is 63.3 Å². The molecule has 0 heterocycles. The number of halogens is 3. The van der Waals surface area contributed by atoms with Gasteiger partial charge in [-0.1, -0.05) is 18.2 Å². The highest BCUT2D eigenvalue weighted by Crippen LogP contribution is 2.37. The fourth-order valence-corrected chi connectivity index (χ4v) is 1.88. The number of aliphatic hydroxyl groups is 1. The predicted octanol–water partition coefficient (Wildman–Crippen LogP) is 2.05. The third-order valence-electron chi connectivity index (χ3n) is 2.63. The van der Waals surface area contributed by atoms with Gasteiger partial charge in [0.25, 0.3) is 0 Å². The number of primary amides is 1. The molecule has 0 aliphatic carbocycles. The number of rotatable bonds is 5. The lowest BCUT2D eigenvalue weighted by molar-refractivity contribution is -0.138. The largest absolute Gasteiger partial charge is 0.416 e. The summed E-state index contributed by atoms with van der Waals surface area (Å²) in [5.74, 6) is -1.41. The lowest BCUT2D eigenvalue weighted by Crippen LogP contribution is -2.19. The first kappa shape index (κ1) is 14.5. The van der Waals surface area contributed by atoms with Crippen LogP contribution in [0.5, 0.6) is 0 Å². The van der Waals surface area contributed by atoms with E-state index in [-0.39, 0.29) is 25.0 Å². The van der Waals surface area contributed by atoms with E-state index < -0.39 is 23.6 Å². The van der Waals surface area contributed by atoms with Crippen molar-refractivity contribution in [3.63, 3.8) is 0 Å². The van der Waals surface area contributed by atoms with Gasteiger partial charge in [-0.05, 0) is 24.0 Å². The van der Waals surface area contributed by atoms with Gasteiger partial charge in [-0.3, -0.25) is 4.79 Å². The second-order valence-corrected chi connectivity index (χ2v) is 3.96. The standard InChI is InChI=1S/C12H14F3NO2/c13-12(14,15)10-4-2-1-3-9(10)8(5-6-17)7-11(16)18/h1-4,8,17H,5-7H2,(H2,16,18). The Hall–Kier alpha value is -1.56. The van der Waals surface area contributed by atoms with Gasteiger partial charge in [0, 0.05) is 13.0 Å². The molecule has 6 heteroatoms. The number of aliphatic hydroxyl groups excluding tert-OH is 1. The SMILES string of the molecule is NC(=O)CC(CCO)c1ccccc1C(F)(F)F. The molecular formula is C12H14F3NO2. The third kappa shape index (κ3) is 3.73. The first-order valence-corrected chi connectivity index (χ1v) is 5.41. The number of hydrogen-bond donors (Lipinski definition) is 2. The maximum atomic E-state index is 12.8. The summed E-state index contributed by atoms with van der Waals surface area (Å²) in [5, 5.41) is 8.87. The molecule has 100 valence electrons. The Bertz CT molecular complexity index is 418. The first-order valence-electron chi connectivity index (χ1n) is 5.41. The van der Waals surface area contributed by atoms with Crippen molar-refractivity contribution in [1.29, 1.82) is 0 Å². The van der Waals surface area contributed by atoms with Gasteiger partial charge in [-0.2, -0.15) is 13.2 Å². The smallest absolute Gasteiger partial charge is 0.396 e. The van der Waals surface area contributed by atoms with Gasteiger partial charge in [-0.25, -0.2) is 0 Å². The number of alkyl halides is 3. The van der Waals surface area contributed by atoms with Crippen molar-refractivity contribution in [2.75, 3.05) is 6.61 Å². The van der Waals surface area contributed by atoms with Crippen LogP contribution in [0.2, 0.25) is 0 Å². The van der Waals surface area contributed by atoms with Crippen LogP contribution in [0, 0.1) is 0 Å². The average molecular weight is 261 g/mol. The van der Waals surface area contributed by atoms with E-state index in [1.54, 1.807) is 0 Å². The number of carbonyl (C=O) groups excluding carboxylic acids is 1. The van der Waals surface area contributed by atoms with E-state index >= 15 is 0 Å². The molecule has 0 bridgehead atoms. The molecule has 0 aromatic heterocycles. The normalized spacial score (nSPS) is 13.3. The maximum Gasteiger partial charge on any atom is 0.416 e. The van der Waals surface area contributed by atoms with E-state index in [9.17, 15) is 18.0 Å². The zero-order chi connectivity index (χ0) is 13.8. The van der Waals surface area contributed by atoms with Gasteiger partial charge in [0.2, 0.25) is 5.91 Å². The molecule has 18 heavy (non-hydrogen) atoms. The monoisotopic (exact) mass is 261 g/mol. The lowest BCUT2D eigenvalue weighted by atomic mass is 9.88. The summed E-state index contributed by atoms with van der Waals surface area (Å²) in [6, 6.07) is 5.02. The molecule has 3 N–H and O–H groups in total. The highest BCUT2D eigenvalue weighted by molar-refractivity contribution is 5.74. The number of carbonyl (C=O) groups is 1. The van der Waals surface area contributed by atoms with Crippen molar-refractivity contribution < 1.29 is 23.1 Å². The van der Waals surface area contributed by atoms with Gasteiger partial charge in [0.1, 0.15) is 0 Å². The van der Waals surface area contributed by atoms with Crippen molar-refractivity contribution in [3.05, 3.63) is 35.4 Å². The molecular weight excluding hydrogens is 247 g/mol. The molecule has 0 spiro atoms. The molecule has 0 aliphatic heterocycles. The van der Waals surface area contributed by atoms with Crippen LogP contribution in [0.1, 0.15) is 29.9 Å². The molecule has 0 saturated heterocycles. The summed E-state index contributed by atoms with van der Waals surface area (Å²) in [7, 11) is 0. The van der Waals surface area contributed by atoms with Crippen LogP contribution >= 0.6 is 0 Å².